The lowest BCUT2D eigenvalue weighted by atomic mass is 10.1. The summed E-state index contributed by atoms with van der Waals surface area (Å²) >= 11 is 0. The van der Waals surface area contributed by atoms with Gasteiger partial charge in [-0.05, 0) is 17.7 Å². The molecule has 0 saturated heterocycles. The van der Waals surface area contributed by atoms with Gasteiger partial charge in [0.25, 0.3) is 0 Å². The molecule has 0 heterocycles. The number of nitrogens with zero attached hydrogens (tertiary/aromatic N) is 1. The van der Waals surface area contributed by atoms with Crippen LogP contribution in [-0.4, -0.2) is 24.8 Å². The highest BCUT2D eigenvalue weighted by Crippen LogP contribution is 2.05. The highest BCUT2D eigenvalue weighted by Gasteiger charge is 2.02. The summed E-state index contributed by atoms with van der Waals surface area (Å²) in [7, 11) is 0. The van der Waals surface area contributed by atoms with E-state index in [0.717, 1.165) is 5.56 Å². The molecule has 23 heavy (non-hydrogen) atoms. The topological polar surface area (TPSA) is 79.8 Å². The molecule has 0 unspecified atom stereocenters. The Morgan fingerprint density at radius 2 is 1.65 bits per heavy atom. The molecule has 0 radical (unpaired) electrons. The molecule has 0 aliphatic heterocycles. The summed E-state index contributed by atoms with van der Waals surface area (Å²) in [6.45, 7) is 0.185. The van der Waals surface area contributed by atoms with Crippen LogP contribution >= 0.6 is 0 Å². The maximum Gasteiger partial charge on any atom is 0.437 e. The standard InChI is InChI=1S/C17H17N3O3/c21-16(13-14-7-3-1-4-8-14)18-11-12-19-23-17(22)20-15-9-5-2-6-10-15/h1-10,12H,11,13H2,(H,18,21)(H,20,22)/b19-12+. The van der Waals surface area contributed by atoms with Crippen LogP contribution in [0.15, 0.2) is 65.8 Å². The average molecular weight is 311 g/mol. The monoisotopic (exact) mass is 311 g/mol. The van der Waals surface area contributed by atoms with Crippen LogP contribution in [-0.2, 0) is 16.1 Å². The van der Waals surface area contributed by atoms with Crippen LogP contribution < -0.4 is 10.6 Å². The molecule has 0 saturated carbocycles. The lowest BCUT2D eigenvalue weighted by Crippen LogP contribution is -2.26. The minimum atomic E-state index is -0.692. The third kappa shape index (κ3) is 6.43. The first-order valence-electron chi connectivity index (χ1n) is 7.09. The first-order valence-corrected chi connectivity index (χ1v) is 7.09. The molecule has 2 N–H and O–H groups in total. The van der Waals surface area contributed by atoms with E-state index in [2.05, 4.69) is 20.6 Å². The van der Waals surface area contributed by atoms with Gasteiger partial charge in [0, 0.05) is 5.69 Å². The second-order valence-electron chi connectivity index (χ2n) is 4.62. The summed E-state index contributed by atoms with van der Waals surface area (Å²) in [4.78, 5) is 27.7. The van der Waals surface area contributed by atoms with Gasteiger partial charge in [0.1, 0.15) is 0 Å². The van der Waals surface area contributed by atoms with E-state index in [9.17, 15) is 9.59 Å². The molecule has 0 bridgehead atoms. The van der Waals surface area contributed by atoms with E-state index in [1.54, 1.807) is 24.3 Å². The van der Waals surface area contributed by atoms with Gasteiger partial charge in [-0.15, -0.1) is 0 Å². The number of para-hydroxylation sites is 1. The van der Waals surface area contributed by atoms with Gasteiger partial charge in [-0.25, -0.2) is 4.79 Å². The number of amides is 2. The molecule has 0 fully saturated rings. The Morgan fingerprint density at radius 3 is 2.35 bits per heavy atom. The summed E-state index contributed by atoms with van der Waals surface area (Å²) in [5.74, 6) is -0.128. The summed E-state index contributed by atoms with van der Waals surface area (Å²) < 4.78 is 0. The van der Waals surface area contributed by atoms with E-state index in [1.165, 1.54) is 6.21 Å². The average Bonchev–Trinajstić information content (AvgIpc) is 2.56. The predicted octanol–water partition coefficient (Wildman–Crippen LogP) is 2.58. The van der Waals surface area contributed by atoms with Crippen molar-refractivity contribution in [1.82, 2.24) is 5.32 Å². The van der Waals surface area contributed by atoms with Crippen LogP contribution in [0.1, 0.15) is 5.56 Å². The molecule has 0 aliphatic carbocycles. The Bertz CT molecular complexity index is 657. The number of nitrogens with one attached hydrogen (secondary N) is 2. The van der Waals surface area contributed by atoms with Crippen LogP contribution in [0.3, 0.4) is 0 Å². The van der Waals surface area contributed by atoms with Crippen molar-refractivity contribution in [2.75, 3.05) is 11.9 Å². The Labute approximate surface area is 134 Å². The smallest absolute Gasteiger partial charge is 0.351 e. The van der Waals surface area contributed by atoms with Crippen molar-refractivity contribution in [3.8, 4) is 0 Å². The van der Waals surface area contributed by atoms with E-state index in [-0.39, 0.29) is 12.5 Å². The van der Waals surface area contributed by atoms with Crippen LogP contribution in [0, 0.1) is 0 Å². The molecule has 2 rings (SSSR count). The molecule has 2 aromatic rings. The predicted molar refractivity (Wildman–Crippen MR) is 88.2 cm³/mol. The Balaban J connectivity index is 1.63. The summed E-state index contributed by atoms with van der Waals surface area (Å²) in [5.41, 5.74) is 1.55. The molecule has 6 heteroatoms. The number of carbonyl (C=O) groups is 2. The quantitative estimate of drug-likeness (QED) is 0.489. The number of hydrogen-bond acceptors (Lipinski definition) is 4. The van der Waals surface area contributed by atoms with Gasteiger partial charge in [-0.2, -0.15) is 0 Å². The van der Waals surface area contributed by atoms with Crippen molar-refractivity contribution in [3.63, 3.8) is 0 Å². The number of rotatable bonds is 6. The molecule has 0 atom stereocenters. The second-order valence-corrected chi connectivity index (χ2v) is 4.62. The van der Waals surface area contributed by atoms with Gasteiger partial charge in [0.2, 0.25) is 5.91 Å². The second kappa shape index (κ2) is 8.99. The van der Waals surface area contributed by atoms with Crippen molar-refractivity contribution >= 4 is 23.9 Å². The van der Waals surface area contributed by atoms with Crippen LogP contribution in [0.5, 0.6) is 0 Å². The molecule has 2 amide bonds. The van der Waals surface area contributed by atoms with E-state index in [0.29, 0.717) is 12.1 Å². The summed E-state index contributed by atoms with van der Waals surface area (Å²) in [6.07, 6.45) is 0.917. The lowest BCUT2D eigenvalue weighted by Gasteiger charge is -2.02. The van der Waals surface area contributed by atoms with E-state index in [1.807, 2.05) is 36.4 Å². The van der Waals surface area contributed by atoms with Gasteiger partial charge in [0.05, 0.1) is 19.2 Å². The lowest BCUT2D eigenvalue weighted by molar-refractivity contribution is -0.120. The van der Waals surface area contributed by atoms with Gasteiger partial charge >= 0.3 is 6.09 Å². The zero-order valence-corrected chi connectivity index (χ0v) is 12.4. The summed E-state index contributed by atoms with van der Waals surface area (Å²) in [6, 6.07) is 18.3. The fourth-order valence-corrected chi connectivity index (χ4v) is 1.79. The molecular formula is C17H17N3O3. The van der Waals surface area contributed by atoms with Gasteiger partial charge in [0.15, 0.2) is 0 Å². The van der Waals surface area contributed by atoms with E-state index < -0.39 is 6.09 Å². The third-order valence-corrected chi connectivity index (χ3v) is 2.83. The molecule has 0 aromatic heterocycles. The minimum absolute atomic E-state index is 0.128. The van der Waals surface area contributed by atoms with Crippen LogP contribution in [0.25, 0.3) is 0 Å². The maximum absolute atomic E-state index is 11.7. The zero-order valence-electron chi connectivity index (χ0n) is 12.4. The highest BCUT2D eigenvalue weighted by molar-refractivity contribution is 5.85. The zero-order chi connectivity index (χ0) is 16.3. The third-order valence-electron chi connectivity index (χ3n) is 2.83. The van der Waals surface area contributed by atoms with Crippen molar-refractivity contribution in [1.29, 1.82) is 0 Å². The Hall–Kier alpha value is -3.15. The summed E-state index contributed by atoms with van der Waals surface area (Å²) in [5, 5.41) is 8.66. The van der Waals surface area contributed by atoms with Crippen molar-refractivity contribution in [3.05, 3.63) is 66.2 Å². The van der Waals surface area contributed by atoms with Crippen molar-refractivity contribution in [2.45, 2.75) is 6.42 Å². The Kier molecular flexibility index (Phi) is 6.34. The fourth-order valence-electron chi connectivity index (χ4n) is 1.79. The molecule has 118 valence electrons. The van der Waals surface area contributed by atoms with Crippen molar-refractivity contribution in [2.24, 2.45) is 5.16 Å². The van der Waals surface area contributed by atoms with E-state index >= 15 is 0 Å². The molecule has 6 nitrogen and oxygen atoms in total. The molecule has 0 spiro atoms. The first-order chi connectivity index (χ1) is 11.2. The normalized spacial score (nSPS) is 10.3. The first kappa shape index (κ1) is 16.2. The maximum atomic E-state index is 11.7. The van der Waals surface area contributed by atoms with Crippen LogP contribution in [0.4, 0.5) is 10.5 Å². The van der Waals surface area contributed by atoms with Gasteiger partial charge < -0.3 is 5.32 Å². The van der Waals surface area contributed by atoms with Crippen molar-refractivity contribution < 1.29 is 14.4 Å². The number of anilines is 1. The van der Waals surface area contributed by atoms with E-state index in [4.69, 9.17) is 0 Å². The molecule has 2 aromatic carbocycles. The van der Waals surface area contributed by atoms with Gasteiger partial charge in [-0.1, -0.05) is 53.7 Å². The Morgan fingerprint density at radius 1 is 1.00 bits per heavy atom. The number of benzene rings is 2. The highest BCUT2D eigenvalue weighted by atomic mass is 16.7. The molecular weight excluding hydrogens is 294 g/mol. The number of oxime groups is 1. The largest absolute Gasteiger partial charge is 0.437 e. The number of hydrogen-bond donors (Lipinski definition) is 2. The van der Waals surface area contributed by atoms with Crippen LogP contribution in [0.2, 0.25) is 0 Å². The minimum Gasteiger partial charge on any atom is -0.351 e. The number of carbonyl (C=O) groups excluding carboxylic acids is 2. The van der Waals surface area contributed by atoms with Gasteiger partial charge in [-0.3, -0.25) is 14.9 Å². The molecule has 0 aliphatic rings. The fraction of sp³-hybridized carbons (Fsp3) is 0.118. The SMILES string of the molecule is O=C(Cc1ccccc1)NC/C=N/OC(=O)Nc1ccccc1.